The smallest absolute Gasteiger partial charge is 0.190 e. The van der Waals surface area contributed by atoms with Gasteiger partial charge in [0.15, 0.2) is 5.96 Å². The van der Waals surface area contributed by atoms with Gasteiger partial charge in [-0.1, -0.05) is 24.3 Å². The quantitative estimate of drug-likeness (QED) is 0.259. The summed E-state index contributed by atoms with van der Waals surface area (Å²) in [7, 11) is 1.81. The van der Waals surface area contributed by atoms with Crippen molar-refractivity contribution < 1.29 is 0 Å². The van der Waals surface area contributed by atoms with E-state index in [2.05, 4.69) is 63.2 Å². The number of thiazole rings is 1. The lowest BCUT2D eigenvalue weighted by molar-refractivity contribution is 0.737. The highest BCUT2D eigenvalue weighted by atomic mass is 32.1. The molecule has 7 heteroatoms. The molecular weight excluding hydrogens is 392 g/mol. The van der Waals surface area contributed by atoms with Crippen molar-refractivity contribution in [1.82, 2.24) is 25.4 Å². The van der Waals surface area contributed by atoms with Gasteiger partial charge < -0.3 is 10.6 Å². The van der Waals surface area contributed by atoms with Crippen molar-refractivity contribution in [2.24, 2.45) is 4.99 Å². The van der Waals surface area contributed by atoms with E-state index >= 15 is 0 Å². The maximum Gasteiger partial charge on any atom is 0.190 e. The number of guanidine groups is 1. The first-order chi connectivity index (χ1) is 14.8. The number of rotatable bonds is 8. The fourth-order valence-electron chi connectivity index (χ4n) is 3.26. The molecule has 0 amide bonds. The molecule has 4 aromatic rings. The van der Waals surface area contributed by atoms with Crippen molar-refractivity contribution in [3.05, 3.63) is 77.6 Å². The van der Waals surface area contributed by atoms with E-state index in [0.29, 0.717) is 0 Å². The number of aliphatic imine (C=N–C) groups is 1. The predicted octanol–water partition coefficient (Wildman–Crippen LogP) is 3.82. The number of fused-ring (bicyclic) bond motifs is 1. The zero-order chi connectivity index (χ0) is 20.6. The Hall–Kier alpha value is -3.19. The molecule has 0 fully saturated rings. The largest absolute Gasteiger partial charge is 0.356 e. The van der Waals surface area contributed by atoms with Gasteiger partial charge in [0.25, 0.3) is 0 Å². The summed E-state index contributed by atoms with van der Waals surface area (Å²) in [6, 6.07) is 18.7. The number of nitrogens with one attached hydrogen (secondary N) is 2. The standard InChI is InChI=1S/C23H26N6S/c1-24-23(25-14-4-8-22-28-20-6-2-3-7-21(20)30-22)26-16-13-18-9-11-19(12-10-18)29-17-5-15-27-29/h2-3,5-7,9-12,15,17H,4,8,13-14,16H2,1H3,(H2,24,25,26). The summed E-state index contributed by atoms with van der Waals surface area (Å²) >= 11 is 1.78. The summed E-state index contributed by atoms with van der Waals surface area (Å²) in [5, 5.41) is 12.2. The van der Waals surface area contributed by atoms with E-state index in [0.717, 1.165) is 49.5 Å². The highest BCUT2D eigenvalue weighted by molar-refractivity contribution is 7.18. The van der Waals surface area contributed by atoms with Crippen LogP contribution in [0, 0.1) is 0 Å². The molecule has 2 aromatic heterocycles. The number of nitrogens with zero attached hydrogens (tertiary/aromatic N) is 4. The van der Waals surface area contributed by atoms with Gasteiger partial charge in [0.05, 0.1) is 20.9 Å². The van der Waals surface area contributed by atoms with Crippen molar-refractivity contribution >= 4 is 27.5 Å². The lowest BCUT2D eigenvalue weighted by Gasteiger charge is -2.12. The van der Waals surface area contributed by atoms with Gasteiger partial charge in [-0.25, -0.2) is 9.67 Å². The molecule has 0 radical (unpaired) electrons. The van der Waals surface area contributed by atoms with Crippen LogP contribution >= 0.6 is 11.3 Å². The fourth-order valence-corrected chi connectivity index (χ4v) is 4.27. The lowest BCUT2D eigenvalue weighted by atomic mass is 10.1. The molecule has 0 atom stereocenters. The molecule has 30 heavy (non-hydrogen) atoms. The number of aryl methyl sites for hydroxylation is 1. The Morgan fingerprint density at radius 3 is 2.60 bits per heavy atom. The number of para-hydroxylation sites is 1. The van der Waals surface area contributed by atoms with E-state index in [4.69, 9.17) is 4.98 Å². The Bertz CT molecular complexity index is 1050. The van der Waals surface area contributed by atoms with Crippen LogP contribution in [0.3, 0.4) is 0 Å². The van der Waals surface area contributed by atoms with E-state index in [1.54, 1.807) is 17.5 Å². The minimum Gasteiger partial charge on any atom is -0.356 e. The Labute approximate surface area is 180 Å². The minimum atomic E-state index is 0.832. The Morgan fingerprint density at radius 1 is 1.00 bits per heavy atom. The molecule has 6 nitrogen and oxygen atoms in total. The number of benzene rings is 2. The van der Waals surface area contributed by atoms with E-state index in [-0.39, 0.29) is 0 Å². The highest BCUT2D eigenvalue weighted by Gasteiger charge is 2.04. The van der Waals surface area contributed by atoms with Crippen LogP contribution in [0.5, 0.6) is 0 Å². The van der Waals surface area contributed by atoms with Crippen molar-refractivity contribution in [1.29, 1.82) is 0 Å². The summed E-state index contributed by atoms with van der Waals surface area (Å²) in [6.45, 7) is 1.70. The Morgan fingerprint density at radius 2 is 1.83 bits per heavy atom. The molecule has 4 rings (SSSR count). The number of aromatic nitrogens is 3. The van der Waals surface area contributed by atoms with Gasteiger partial charge in [-0.15, -0.1) is 11.3 Å². The second-order valence-corrected chi connectivity index (χ2v) is 8.09. The van der Waals surface area contributed by atoms with Crippen LogP contribution in [-0.4, -0.2) is 40.9 Å². The minimum absolute atomic E-state index is 0.832. The fraction of sp³-hybridized carbons (Fsp3) is 0.261. The molecule has 0 aliphatic heterocycles. The molecule has 0 saturated heterocycles. The van der Waals surface area contributed by atoms with E-state index < -0.39 is 0 Å². The predicted molar refractivity (Wildman–Crippen MR) is 125 cm³/mol. The summed E-state index contributed by atoms with van der Waals surface area (Å²) in [4.78, 5) is 9.01. The van der Waals surface area contributed by atoms with Gasteiger partial charge in [0.1, 0.15) is 0 Å². The van der Waals surface area contributed by atoms with Crippen molar-refractivity contribution in [2.45, 2.75) is 19.3 Å². The van der Waals surface area contributed by atoms with Crippen LogP contribution < -0.4 is 10.6 Å². The van der Waals surface area contributed by atoms with Crippen molar-refractivity contribution in [2.75, 3.05) is 20.1 Å². The monoisotopic (exact) mass is 418 g/mol. The summed E-state index contributed by atoms with van der Waals surface area (Å²) in [5.41, 5.74) is 3.45. The van der Waals surface area contributed by atoms with Crippen LogP contribution in [0.25, 0.3) is 15.9 Å². The summed E-state index contributed by atoms with van der Waals surface area (Å²) in [6.07, 6.45) is 6.67. The highest BCUT2D eigenvalue weighted by Crippen LogP contribution is 2.22. The molecule has 0 saturated carbocycles. The van der Waals surface area contributed by atoms with Gasteiger partial charge in [-0.05, 0) is 48.7 Å². The van der Waals surface area contributed by atoms with Crippen molar-refractivity contribution in [3.8, 4) is 5.69 Å². The van der Waals surface area contributed by atoms with Crippen LogP contribution in [0.2, 0.25) is 0 Å². The van der Waals surface area contributed by atoms with Crippen LogP contribution in [0.15, 0.2) is 72.0 Å². The number of hydrogen-bond acceptors (Lipinski definition) is 4. The van der Waals surface area contributed by atoms with E-state index in [1.807, 2.05) is 30.1 Å². The zero-order valence-electron chi connectivity index (χ0n) is 17.1. The second kappa shape index (κ2) is 10.0. The third kappa shape index (κ3) is 5.24. The average molecular weight is 419 g/mol. The molecule has 0 unspecified atom stereocenters. The first kappa shape index (κ1) is 20.1. The van der Waals surface area contributed by atoms with Gasteiger partial charge in [0, 0.05) is 39.0 Å². The molecule has 2 heterocycles. The molecule has 0 spiro atoms. The van der Waals surface area contributed by atoms with Crippen LogP contribution in [0.4, 0.5) is 0 Å². The van der Waals surface area contributed by atoms with E-state index in [9.17, 15) is 0 Å². The molecule has 2 N–H and O–H groups in total. The molecule has 2 aromatic carbocycles. The Kier molecular flexibility index (Phi) is 6.72. The Balaban J connectivity index is 1.17. The molecular formula is C23H26N6S. The maximum absolute atomic E-state index is 4.69. The van der Waals surface area contributed by atoms with Crippen LogP contribution in [0.1, 0.15) is 17.0 Å². The first-order valence-corrected chi connectivity index (χ1v) is 11.0. The topological polar surface area (TPSA) is 67.1 Å². The van der Waals surface area contributed by atoms with Gasteiger partial charge in [0.2, 0.25) is 0 Å². The lowest BCUT2D eigenvalue weighted by Crippen LogP contribution is -2.38. The molecule has 0 aliphatic rings. The van der Waals surface area contributed by atoms with Crippen molar-refractivity contribution in [3.63, 3.8) is 0 Å². The van der Waals surface area contributed by atoms with Gasteiger partial charge in [-0.2, -0.15) is 5.10 Å². The summed E-state index contributed by atoms with van der Waals surface area (Å²) < 4.78 is 3.12. The molecule has 154 valence electrons. The zero-order valence-corrected chi connectivity index (χ0v) is 17.9. The van der Waals surface area contributed by atoms with Gasteiger partial charge >= 0.3 is 0 Å². The first-order valence-electron chi connectivity index (χ1n) is 10.2. The maximum atomic E-state index is 4.69. The average Bonchev–Trinajstić information content (AvgIpc) is 3.45. The third-order valence-corrected chi connectivity index (χ3v) is 5.93. The molecule has 0 aliphatic carbocycles. The SMILES string of the molecule is CN=C(NCCCc1nc2ccccc2s1)NCCc1ccc(-n2cccn2)cc1. The van der Waals surface area contributed by atoms with Crippen LogP contribution in [-0.2, 0) is 12.8 Å². The normalized spacial score (nSPS) is 11.7. The summed E-state index contributed by atoms with van der Waals surface area (Å²) in [5.74, 6) is 0.840. The number of hydrogen-bond donors (Lipinski definition) is 2. The van der Waals surface area contributed by atoms with E-state index in [1.165, 1.54) is 15.3 Å². The molecule has 0 bridgehead atoms. The second-order valence-electron chi connectivity index (χ2n) is 6.97. The third-order valence-electron chi connectivity index (χ3n) is 4.83. The van der Waals surface area contributed by atoms with Gasteiger partial charge in [-0.3, -0.25) is 4.99 Å².